The molecule has 0 atom stereocenters. The van der Waals surface area contributed by atoms with Crippen molar-refractivity contribution in [3.63, 3.8) is 0 Å². The molecule has 0 spiro atoms. The second kappa shape index (κ2) is 7.82. The normalized spacial score (nSPS) is 14.4. The fourth-order valence-corrected chi connectivity index (χ4v) is 3.79. The number of carbonyl (C=O) groups excluding carboxylic acids is 1. The van der Waals surface area contributed by atoms with E-state index < -0.39 is 5.60 Å². The van der Waals surface area contributed by atoms with Crippen molar-refractivity contribution in [2.75, 3.05) is 13.1 Å². The number of H-pyrrole nitrogens is 1. The van der Waals surface area contributed by atoms with Crippen LogP contribution in [0.3, 0.4) is 0 Å². The van der Waals surface area contributed by atoms with Crippen LogP contribution in [0.15, 0.2) is 48.5 Å². The molecule has 2 aromatic carbocycles. The lowest BCUT2D eigenvalue weighted by atomic mass is 10.1. The Morgan fingerprint density at radius 3 is 2.55 bits per heavy atom. The van der Waals surface area contributed by atoms with Crippen LogP contribution in [0.5, 0.6) is 5.75 Å². The van der Waals surface area contributed by atoms with Gasteiger partial charge in [0, 0.05) is 36.1 Å². The van der Waals surface area contributed by atoms with Gasteiger partial charge >= 0.3 is 6.09 Å². The Hall–Kier alpha value is -2.95. The van der Waals surface area contributed by atoms with Crippen LogP contribution in [0.1, 0.15) is 37.6 Å². The van der Waals surface area contributed by atoms with Gasteiger partial charge in [-0.3, -0.25) is 0 Å². The van der Waals surface area contributed by atoms with Crippen LogP contribution in [-0.2, 0) is 24.2 Å². The third kappa shape index (κ3) is 4.39. The topological polar surface area (TPSA) is 54.6 Å². The molecular weight excluding hydrogens is 364 g/mol. The minimum absolute atomic E-state index is 0.243. The van der Waals surface area contributed by atoms with Gasteiger partial charge < -0.3 is 19.4 Å². The van der Waals surface area contributed by atoms with E-state index in [1.165, 1.54) is 11.3 Å². The number of nitrogens with zero attached hydrogens (tertiary/aromatic N) is 1. The molecule has 1 aliphatic heterocycles. The Morgan fingerprint density at radius 1 is 1.03 bits per heavy atom. The predicted molar refractivity (Wildman–Crippen MR) is 114 cm³/mol. The van der Waals surface area contributed by atoms with E-state index in [1.54, 1.807) is 4.90 Å². The molecule has 5 nitrogen and oxygen atoms in total. The largest absolute Gasteiger partial charge is 0.488 e. The van der Waals surface area contributed by atoms with Gasteiger partial charge in [0.2, 0.25) is 0 Å². The summed E-state index contributed by atoms with van der Waals surface area (Å²) in [6.07, 6.45) is 1.31. The van der Waals surface area contributed by atoms with Gasteiger partial charge in [-0.2, -0.15) is 0 Å². The number of carbonyl (C=O) groups is 1. The molecular formula is C24H28N2O3. The average molecular weight is 392 g/mol. The fraction of sp³-hybridized carbons (Fsp3) is 0.375. The van der Waals surface area contributed by atoms with E-state index in [2.05, 4.69) is 23.2 Å². The van der Waals surface area contributed by atoms with E-state index >= 15 is 0 Å². The van der Waals surface area contributed by atoms with Gasteiger partial charge in [0.15, 0.2) is 0 Å². The van der Waals surface area contributed by atoms with Crippen LogP contribution in [0.2, 0.25) is 0 Å². The van der Waals surface area contributed by atoms with Gasteiger partial charge in [-0.1, -0.05) is 36.4 Å². The number of aromatic nitrogens is 1. The number of rotatable bonds is 3. The van der Waals surface area contributed by atoms with Gasteiger partial charge in [0.25, 0.3) is 0 Å². The summed E-state index contributed by atoms with van der Waals surface area (Å²) in [6, 6.07) is 16.3. The number of aromatic amines is 1. The summed E-state index contributed by atoms with van der Waals surface area (Å²) < 4.78 is 11.7. The zero-order valence-corrected chi connectivity index (χ0v) is 17.3. The Labute approximate surface area is 171 Å². The van der Waals surface area contributed by atoms with Crippen LogP contribution in [-0.4, -0.2) is 34.7 Å². The summed E-state index contributed by atoms with van der Waals surface area (Å²) in [5.74, 6) is 0.884. The SMILES string of the molecule is CC(C)(C)OC(=O)N1CCc2[nH]c3cccc(OCc4ccccc4)c3c2CC1. The quantitative estimate of drug-likeness (QED) is 0.676. The van der Waals surface area contributed by atoms with Crippen LogP contribution in [0.25, 0.3) is 10.9 Å². The third-order valence-corrected chi connectivity index (χ3v) is 5.13. The summed E-state index contributed by atoms with van der Waals surface area (Å²) in [5.41, 5.74) is 4.17. The molecule has 0 unspecified atom stereocenters. The highest BCUT2D eigenvalue weighted by molar-refractivity contribution is 5.90. The number of ether oxygens (including phenoxy) is 2. The number of amides is 1. The minimum Gasteiger partial charge on any atom is -0.488 e. The van der Waals surface area contributed by atoms with Crippen LogP contribution in [0, 0.1) is 0 Å². The lowest BCUT2D eigenvalue weighted by Crippen LogP contribution is -2.38. The molecule has 4 rings (SSSR count). The highest BCUT2D eigenvalue weighted by Gasteiger charge is 2.26. The Morgan fingerprint density at radius 2 is 1.79 bits per heavy atom. The molecule has 1 N–H and O–H groups in total. The molecule has 2 heterocycles. The van der Waals surface area contributed by atoms with Gasteiger partial charge in [0.1, 0.15) is 18.0 Å². The van der Waals surface area contributed by atoms with Crippen molar-refractivity contribution in [3.05, 3.63) is 65.4 Å². The zero-order chi connectivity index (χ0) is 20.4. The highest BCUT2D eigenvalue weighted by atomic mass is 16.6. The number of fused-ring (bicyclic) bond motifs is 3. The second-order valence-corrected chi connectivity index (χ2v) is 8.50. The zero-order valence-electron chi connectivity index (χ0n) is 17.3. The molecule has 5 heteroatoms. The molecule has 3 aromatic rings. The monoisotopic (exact) mass is 392 g/mol. The Bertz CT molecular complexity index is 1000. The average Bonchev–Trinajstić information content (AvgIpc) is 2.91. The van der Waals surface area contributed by atoms with E-state index in [4.69, 9.17) is 9.47 Å². The maximum atomic E-state index is 12.5. The first-order valence-corrected chi connectivity index (χ1v) is 10.2. The molecule has 0 saturated carbocycles. The molecule has 29 heavy (non-hydrogen) atoms. The number of benzene rings is 2. The Kier molecular flexibility index (Phi) is 5.22. The fourth-order valence-electron chi connectivity index (χ4n) is 3.79. The molecule has 1 aliphatic rings. The lowest BCUT2D eigenvalue weighted by molar-refractivity contribution is 0.0258. The van der Waals surface area contributed by atoms with Gasteiger partial charge in [0.05, 0.1) is 0 Å². The highest BCUT2D eigenvalue weighted by Crippen LogP contribution is 2.34. The summed E-state index contributed by atoms with van der Waals surface area (Å²) in [5, 5.41) is 1.13. The van der Waals surface area contributed by atoms with Crippen molar-refractivity contribution in [2.24, 2.45) is 0 Å². The standard InChI is InChI=1S/C24H28N2O3/c1-24(2,3)29-23(27)26-14-12-18-19(13-15-26)25-20-10-7-11-21(22(18)20)28-16-17-8-5-4-6-9-17/h4-11,25H,12-16H2,1-3H3. The van der Waals surface area contributed by atoms with Crippen molar-refractivity contribution < 1.29 is 14.3 Å². The molecule has 152 valence electrons. The predicted octanol–water partition coefficient (Wildman–Crippen LogP) is 5.08. The minimum atomic E-state index is -0.483. The van der Waals surface area contributed by atoms with Crippen molar-refractivity contribution in [1.82, 2.24) is 9.88 Å². The second-order valence-electron chi connectivity index (χ2n) is 8.50. The molecule has 1 amide bonds. The van der Waals surface area contributed by atoms with Gasteiger partial charge in [-0.05, 0) is 50.5 Å². The molecule has 0 aliphatic carbocycles. The smallest absolute Gasteiger partial charge is 0.410 e. The van der Waals surface area contributed by atoms with Gasteiger partial charge in [-0.15, -0.1) is 0 Å². The molecule has 1 aromatic heterocycles. The van der Waals surface area contributed by atoms with Gasteiger partial charge in [-0.25, -0.2) is 4.79 Å². The summed E-state index contributed by atoms with van der Waals surface area (Å²) in [4.78, 5) is 17.8. The first kappa shape index (κ1) is 19.4. The van der Waals surface area contributed by atoms with Crippen molar-refractivity contribution in [2.45, 2.75) is 45.8 Å². The van der Waals surface area contributed by atoms with Crippen LogP contribution >= 0.6 is 0 Å². The number of hydrogen-bond acceptors (Lipinski definition) is 3. The summed E-state index contributed by atoms with van der Waals surface area (Å²) in [7, 11) is 0. The first-order valence-electron chi connectivity index (χ1n) is 10.2. The Balaban J connectivity index is 1.55. The van der Waals surface area contributed by atoms with Crippen molar-refractivity contribution in [3.8, 4) is 5.75 Å². The molecule has 0 fully saturated rings. The van der Waals surface area contributed by atoms with Crippen LogP contribution < -0.4 is 4.74 Å². The lowest BCUT2D eigenvalue weighted by Gasteiger charge is -2.26. The van der Waals surface area contributed by atoms with E-state index in [0.717, 1.165) is 35.1 Å². The molecule has 0 saturated heterocycles. The third-order valence-electron chi connectivity index (χ3n) is 5.13. The number of hydrogen-bond donors (Lipinski definition) is 1. The van der Waals surface area contributed by atoms with E-state index in [9.17, 15) is 4.79 Å². The molecule has 0 radical (unpaired) electrons. The van der Waals surface area contributed by atoms with E-state index in [1.807, 2.05) is 51.1 Å². The van der Waals surface area contributed by atoms with Crippen molar-refractivity contribution >= 4 is 17.0 Å². The van der Waals surface area contributed by atoms with Crippen LogP contribution in [0.4, 0.5) is 4.79 Å². The number of nitrogens with one attached hydrogen (secondary N) is 1. The summed E-state index contributed by atoms with van der Waals surface area (Å²) in [6.45, 7) is 7.51. The molecule has 0 bridgehead atoms. The van der Waals surface area contributed by atoms with Crippen molar-refractivity contribution in [1.29, 1.82) is 0 Å². The van der Waals surface area contributed by atoms with E-state index in [0.29, 0.717) is 19.7 Å². The first-order chi connectivity index (χ1) is 13.9. The summed E-state index contributed by atoms with van der Waals surface area (Å²) >= 11 is 0. The maximum absolute atomic E-state index is 12.5. The van der Waals surface area contributed by atoms with E-state index in [-0.39, 0.29) is 6.09 Å². The maximum Gasteiger partial charge on any atom is 0.410 e.